The Bertz CT molecular complexity index is 429. The molecule has 1 unspecified atom stereocenters. The van der Waals surface area contributed by atoms with Crippen LogP contribution in [0.5, 0.6) is 0 Å². The molecule has 1 N–H and O–H groups in total. The molecule has 0 bridgehead atoms. The first-order valence-electron chi connectivity index (χ1n) is 6.34. The van der Waals surface area contributed by atoms with Gasteiger partial charge in [0.05, 0.1) is 4.88 Å². The summed E-state index contributed by atoms with van der Waals surface area (Å²) in [6, 6.07) is 4.43. The van der Waals surface area contributed by atoms with Crippen LogP contribution in [-0.4, -0.2) is 36.5 Å². The van der Waals surface area contributed by atoms with Gasteiger partial charge in [0.15, 0.2) is 0 Å². The molecule has 2 aliphatic heterocycles. The highest BCUT2D eigenvalue weighted by atomic mass is 32.1. The third-order valence-corrected chi connectivity index (χ3v) is 4.88. The number of carbonyl (C=O) groups excluding carboxylic acids is 1. The molecule has 1 amide bonds. The summed E-state index contributed by atoms with van der Waals surface area (Å²) in [5, 5.41) is 3.42. The van der Waals surface area contributed by atoms with E-state index in [4.69, 9.17) is 0 Å². The molecule has 3 heterocycles. The first-order valence-corrected chi connectivity index (χ1v) is 7.15. The van der Waals surface area contributed by atoms with E-state index in [2.05, 4.69) is 17.1 Å². The summed E-state index contributed by atoms with van der Waals surface area (Å²) in [6.07, 6.45) is 2.42. The van der Waals surface area contributed by atoms with Gasteiger partial charge in [0.2, 0.25) is 0 Å². The van der Waals surface area contributed by atoms with Crippen molar-refractivity contribution in [3.63, 3.8) is 0 Å². The average molecular weight is 250 g/mol. The Morgan fingerprint density at radius 2 is 2.35 bits per heavy atom. The van der Waals surface area contributed by atoms with Gasteiger partial charge in [-0.05, 0) is 37.8 Å². The van der Waals surface area contributed by atoms with Crippen molar-refractivity contribution in [2.45, 2.75) is 25.8 Å². The number of rotatable bonds is 1. The van der Waals surface area contributed by atoms with E-state index in [1.165, 1.54) is 11.3 Å². The predicted octanol–water partition coefficient (Wildman–Crippen LogP) is 1.88. The van der Waals surface area contributed by atoms with E-state index in [1.54, 1.807) is 11.3 Å². The minimum Gasteiger partial charge on any atom is -0.333 e. The number of aryl methyl sites for hydroxylation is 1. The Labute approximate surface area is 106 Å². The van der Waals surface area contributed by atoms with Gasteiger partial charge >= 0.3 is 0 Å². The van der Waals surface area contributed by atoms with Gasteiger partial charge in [-0.3, -0.25) is 4.79 Å². The fourth-order valence-electron chi connectivity index (χ4n) is 3.01. The standard InChI is InChI=1S/C13H18N2OS/c1-9-4-5-12(17-9)13(16)15-6-2-3-10-7-14-8-11(10)15/h4-5,10-11,14H,2-3,6-8H2,1H3/t10?,11-/m0/s1. The Balaban J connectivity index is 1.81. The van der Waals surface area contributed by atoms with E-state index in [0.29, 0.717) is 12.0 Å². The summed E-state index contributed by atoms with van der Waals surface area (Å²) in [5.74, 6) is 0.912. The van der Waals surface area contributed by atoms with E-state index < -0.39 is 0 Å². The quantitative estimate of drug-likeness (QED) is 0.825. The first-order chi connectivity index (χ1) is 8.25. The molecule has 1 aromatic heterocycles. The molecule has 1 aromatic rings. The third-order valence-electron chi connectivity index (χ3n) is 3.89. The number of hydrogen-bond donors (Lipinski definition) is 1. The van der Waals surface area contributed by atoms with Crippen molar-refractivity contribution in [3.8, 4) is 0 Å². The van der Waals surface area contributed by atoms with E-state index in [0.717, 1.165) is 30.9 Å². The summed E-state index contributed by atoms with van der Waals surface area (Å²) in [5.41, 5.74) is 0. The molecule has 0 spiro atoms. The van der Waals surface area contributed by atoms with E-state index in [-0.39, 0.29) is 5.91 Å². The number of carbonyl (C=O) groups is 1. The van der Waals surface area contributed by atoms with Crippen LogP contribution in [0.15, 0.2) is 12.1 Å². The van der Waals surface area contributed by atoms with E-state index in [9.17, 15) is 4.79 Å². The molecule has 0 radical (unpaired) electrons. The molecular formula is C13H18N2OS. The van der Waals surface area contributed by atoms with Crippen LogP contribution in [0, 0.1) is 12.8 Å². The second-order valence-corrected chi connectivity index (χ2v) is 6.32. The van der Waals surface area contributed by atoms with Crippen LogP contribution in [0.4, 0.5) is 0 Å². The second kappa shape index (κ2) is 4.42. The van der Waals surface area contributed by atoms with E-state index >= 15 is 0 Å². The van der Waals surface area contributed by atoms with Crippen LogP contribution in [-0.2, 0) is 0 Å². The van der Waals surface area contributed by atoms with E-state index in [1.807, 2.05) is 12.1 Å². The van der Waals surface area contributed by atoms with Crippen molar-refractivity contribution >= 4 is 17.2 Å². The highest BCUT2D eigenvalue weighted by Crippen LogP contribution is 2.29. The lowest BCUT2D eigenvalue weighted by Gasteiger charge is -2.36. The highest BCUT2D eigenvalue weighted by molar-refractivity contribution is 7.13. The van der Waals surface area contributed by atoms with Crippen LogP contribution >= 0.6 is 11.3 Å². The smallest absolute Gasteiger partial charge is 0.264 e. The van der Waals surface area contributed by atoms with Gasteiger partial charge < -0.3 is 10.2 Å². The molecule has 17 heavy (non-hydrogen) atoms. The lowest BCUT2D eigenvalue weighted by Crippen LogP contribution is -2.48. The zero-order valence-corrected chi connectivity index (χ0v) is 10.9. The maximum atomic E-state index is 12.5. The molecule has 2 atom stereocenters. The van der Waals surface area contributed by atoms with Gasteiger partial charge in [-0.25, -0.2) is 0 Å². The summed E-state index contributed by atoms with van der Waals surface area (Å²) in [4.78, 5) is 16.7. The maximum Gasteiger partial charge on any atom is 0.264 e. The minimum absolute atomic E-state index is 0.238. The van der Waals surface area contributed by atoms with Gasteiger partial charge in [0.1, 0.15) is 0 Å². The number of nitrogens with zero attached hydrogens (tertiary/aromatic N) is 1. The summed E-state index contributed by atoms with van der Waals surface area (Å²) in [7, 11) is 0. The number of thiophene rings is 1. The fraction of sp³-hybridized carbons (Fsp3) is 0.615. The Morgan fingerprint density at radius 3 is 3.12 bits per heavy atom. The molecule has 3 nitrogen and oxygen atoms in total. The SMILES string of the molecule is Cc1ccc(C(=O)N2CCCC3CNC[C@@H]32)s1. The Hall–Kier alpha value is -0.870. The summed E-state index contributed by atoms with van der Waals surface area (Å²) >= 11 is 1.61. The van der Waals surface area contributed by atoms with Crippen LogP contribution < -0.4 is 5.32 Å². The molecular weight excluding hydrogens is 232 g/mol. The average Bonchev–Trinajstić information content (AvgIpc) is 2.95. The van der Waals surface area contributed by atoms with Crippen molar-refractivity contribution in [2.24, 2.45) is 5.92 Å². The Morgan fingerprint density at radius 1 is 1.47 bits per heavy atom. The normalized spacial score (nSPS) is 28.2. The van der Waals surface area contributed by atoms with Crippen molar-refractivity contribution in [2.75, 3.05) is 19.6 Å². The zero-order valence-electron chi connectivity index (χ0n) is 10.1. The van der Waals surface area contributed by atoms with Crippen LogP contribution in [0.25, 0.3) is 0 Å². The highest BCUT2D eigenvalue weighted by Gasteiger charge is 2.37. The number of hydrogen-bond acceptors (Lipinski definition) is 3. The van der Waals surface area contributed by atoms with Gasteiger partial charge in [-0.15, -0.1) is 11.3 Å². The Kier molecular flexibility index (Phi) is 2.92. The second-order valence-electron chi connectivity index (χ2n) is 5.04. The van der Waals surface area contributed by atoms with Crippen molar-refractivity contribution in [1.82, 2.24) is 10.2 Å². The van der Waals surface area contributed by atoms with Gasteiger partial charge in [0.25, 0.3) is 5.91 Å². The number of likely N-dealkylation sites (tertiary alicyclic amines) is 1. The lowest BCUT2D eigenvalue weighted by molar-refractivity contribution is 0.0580. The van der Waals surface area contributed by atoms with Crippen LogP contribution in [0.3, 0.4) is 0 Å². The molecule has 2 fully saturated rings. The maximum absolute atomic E-state index is 12.5. The molecule has 2 aliphatic rings. The van der Waals surface area contributed by atoms with Crippen LogP contribution in [0.2, 0.25) is 0 Å². The monoisotopic (exact) mass is 250 g/mol. The van der Waals surface area contributed by atoms with Gasteiger partial charge in [0, 0.05) is 30.6 Å². The number of piperidine rings is 1. The first kappa shape index (κ1) is 11.2. The molecule has 0 aromatic carbocycles. The third kappa shape index (κ3) is 2.00. The van der Waals surface area contributed by atoms with Gasteiger partial charge in [-0.2, -0.15) is 0 Å². The molecule has 3 rings (SSSR count). The summed E-state index contributed by atoms with van der Waals surface area (Å²) in [6.45, 7) is 5.04. The predicted molar refractivity (Wildman–Crippen MR) is 69.5 cm³/mol. The number of fused-ring (bicyclic) bond motifs is 1. The zero-order chi connectivity index (χ0) is 11.8. The number of amides is 1. The lowest BCUT2D eigenvalue weighted by atomic mass is 9.92. The molecule has 0 aliphatic carbocycles. The molecule has 0 saturated carbocycles. The van der Waals surface area contributed by atoms with Gasteiger partial charge in [-0.1, -0.05) is 0 Å². The fourth-order valence-corrected chi connectivity index (χ4v) is 3.83. The summed E-state index contributed by atoms with van der Waals surface area (Å²) < 4.78 is 0. The molecule has 92 valence electrons. The van der Waals surface area contributed by atoms with Crippen molar-refractivity contribution < 1.29 is 4.79 Å². The van der Waals surface area contributed by atoms with Crippen LogP contribution in [0.1, 0.15) is 27.4 Å². The van der Waals surface area contributed by atoms with Crippen molar-refractivity contribution in [1.29, 1.82) is 0 Å². The topological polar surface area (TPSA) is 32.3 Å². The molecule has 2 saturated heterocycles. The van der Waals surface area contributed by atoms with Crippen molar-refractivity contribution in [3.05, 3.63) is 21.9 Å². The minimum atomic E-state index is 0.238. The molecule has 4 heteroatoms. The number of nitrogens with one attached hydrogen (secondary N) is 1. The largest absolute Gasteiger partial charge is 0.333 e.